The predicted molar refractivity (Wildman–Crippen MR) is 87.7 cm³/mol. The van der Waals surface area contributed by atoms with Crippen LogP contribution in [0.4, 0.5) is 5.69 Å². The molecule has 0 saturated heterocycles. The van der Waals surface area contributed by atoms with Gasteiger partial charge < -0.3 is 15.8 Å². The topological polar surface area (TPSA) is 64.3 Å². The van der Waals surface area contributed by atoms with E-state index in [0.29, 0.717) is 12.1 Å². The number of rotatable bonds is 5. The molecule has 0 spiro atoms. The fourth-order valence-corrected chi connectivity index (χ4v) is 2.41. The zero-order valence-corrected chi connectivity index (χ0v) is 13.5. The number of carbonyl (C=O) groups excluding carboxylic acids is 1. The number of amides is 1. The van der Waals surface area contributed by atoms with Crippen molar-refractivity contribution in [3.8, 4) is 5.75 Å². The number of hydrogen-bond acceptors (Lipinski definition) is 3. The van der Waals surface area contributed by atoms with Crippen LogP contribution in [0, 0.1) is 6.92 Å². The van der Waals surface area contributed by atoms with Gasteiger partial charge in [0.1, 0.15) is 5.75 Å². The van der Waals surface area contributed by atoms with Crippen molar-refractivity contribution in [1.82, 2.24) is 0 Å². The molecule has 110 valence electrons. The number of anilines is 1. The van der Waals surface area contributed by atoms with Gasteiger partial charge in [0.15, 0.2) is 0 Å². The highest BCUT2D eigenvalue weighted by Crippen LogP contribution is 2.24. The molecule has 0 radical (unpaired) electrons. The Morgan fingerprint density at radius 1 is 1.29 bits per heavy atom. The fraction of sp³-hybridized carbons (Fsp3) is 0.188. The van der Waals surface area contributed by atoms with Crippen LogP contribution >= 0.6 is 15.9 Å². The second-order valence-corrected chi connectivity index (χ2v) is 5.56. The van der Waals surface area contributed by atoms with E-state index in [1.165, 1.54) is 0 Å². The zero-order valence-electron chi connectivity index (χ0n) is 11.9. The minimum absolute atomic E-state index is 0.416. The van der Waals surface area contributed by atoms with Gasteiger partial charge in [-0.05, 0) is 54.4 Å². The molecule has 2 aromatic rings. The number of nitrogens with two attached hydrogens (primary N) is 1. The Bertz CT molecular complexity index is 671. The van der Waals surface area contributed by atoms with Crippen molar-refractivity contribution in [2.45, 2.75) is 13.5 Å². The lowest BCUT2D eigenvalue weighted by atomic mass is 10.1. The number of ether oxygens (including phenoxy) is 1. The van der Waals surface area contributed by atoms with Gasteiger partial charge in [0.25, 0.3) is 0 Å². The normalized spacial score (nSPS) is 10.2. The summed E-state index contributed by atoms with van der Waals surface area (Å²) in [6, 6.07) is 11.2. The van der Waals surface area contributed by atoms with Crippen molar-refractivity contribution in [2.24, 2.45) is 5.73 Å². The summed E-state index contributed by atoms with van der Waals surface area (Å²) < 4.78 is 6.24. The Labute approximate surface area is 132 Å². The molecular formula is C16H17BrN2O2. The highest BCUT2D eigenvalue weighted by Gasteiger charge is 2.06. The van der Waals surface area contributed by atoms with Crippen LogP contribution in [0.5, 0.6) is 5.75 Å². The molecule has 1 amide bonds. The lowest BCUT2D eigenvalue weighted by Crippen LogP contribution is -2.11. The maximum Gasteiger partial charge on any atom is 0.248 e. The summed E-state index contributed by atoms with van der Waals surface area (Å²) in [4.78, 5) is 11.1. The van der Waals surface area contributed by atoms with E-state index >= 15 is 0 Å². The Morgan fingerprint density at radius 3 is 2.67 bits per heavy atom. The van der Waals surface area contributed by atoms with Crippen molar-refractivity contribution in [3.05, 3.63) is 57.6 Å². The van der Waals surface area contributed by atoms with Crippen LogP contribution in [-0.2, 0) is 6.54 Å². The molecule has 0 atom stereocenters. The van der Waals surface area contributed by atoms with E-state index in [-0.39, 0.29) is 0 Å². The van der Waals surface area contributed by atoms with Crippen molar-refractivity contribution in [3.63, 3.8) is 0 Å². The van der Waals surface area contributed by atoms with Gasteiger partial charge in [-0.25, -0.2) is 0 Å². The summed E-state index contributed by atoms with van der Waals surface area (Å²) in [6.07, 6.45) is 0. The molecule has 4 nitrogen and oxygen atoms in total. The number of halogens is 1. The van der Waals surface area contributed by atoms with Gasteiger partial charge in [0, 0.05) is 22.3 Å². The summed E-state index contributed by atoms with van der Waals surface area (Å²) in [6.45, 7) is 2.59. The first-order valence-corrected chi connectivity index (χ1v) is 7.27. The summed E-state index contributed by atoms with van der Waals surface area (Å²) in [5.41, 5.74) is 8.82. The van der Waals surface area contributed by atoms with Gasteiger partial charge >= 0.3 is 0 Å². The number of primary amides is 1. The molecule has 0 aliphatic carbocycles. The van der Waals surface area contributed by atoms with E-state index < -0.39 is 5.91 Å². The lowest BCUT2D eigenvalue weighted by molar-refractivity contribution is 0.1000. The van der Waals surface area contributed by atoms with Crippen molar-refractivity contribution in [2.75, 3.05) is 12.4 Å². The predicted octanol–water partition coefficient (Wildman–Crippen LogP) is 3.48. The van der Waals surface area contributed by atoms with Gasteiger partial charge in [0.05, 0.1) is 7.11 Å². The van der Waals surface area contributed by atoms with Gasteiger partial charge in [-0.15, -0.1) is 0 Å². The Balaban J connectivity index is 2.15. The quantitative estimate of drug-likeness (QED) is 0.869. The fourth-order valence-electron chi connectivity index (χ4n) is 2.02. The summed E-state index contributed by atoms with van der Waals surface area (Å²) in [5, 5.41) is 3.35. The molecule has 21 heavy (non-hydrogen) atoms. The number of benzene rings is 2. The van der Waals surface area contributed by atoms with Crippen LogP contribution in [0.25, 0.3) is 0 Å². The number of nitrogens with one attached hydrogen (secondary N) is 1. The largest absolute Gasteiger partial charge is 0.497 e. The number of hydrogen-bond donors (Lipinski definition) is 2. The molecule has 0 aliphatic heterocycles. The van der Waals surface area contributed by atoms with E-state index in [2.05, 4.69) is 21.2 Å². The third kappa shape index (κ3) is 3.76. The second kappa shape index (κ2) is 6.63. The monoisotopic (exact) mass is 348 g/mol. The number of carbonyl (C=O) groups is 1. The van der Waals surface area contributed by atoms with Gasteiger partial charge in [0.2, 0.25) is 5.91 Å². The van der Waals surface area contributed by atoms with Gasteiger partial charge in [-0.3, -0.25) is 4.79 Å². The summed E-state index contributed by atoms with van der Waals surface area (Å²) in [7, 11) is 1.65. The summed E-state index contributed by atoms with van der Waals surface area (Å²) in [5.74, 6) is 0.399. The molecule has 0 unspecified atom stereocenters. The smallest absolute Gasteiger partial charge is 0.248 e. The Hall–Kier alpha value is -2.01. The molecule has 0 fully saturated rings. The molecule has 0 aromatic heterocycles. The molecule has 5 heteroatoms. The average Bonchev–Trinajstić information content (AvgIpc) is 2.47. The zero-order chi connectivity index (χ0) is 15.4. The van der Waals surface area contributed by atoms with Crippen LogP contribution in [0.1, 0.15) is 21.5 Å². The molecule has 2 aromatic carbocycles. The van der Waals surface area contributed by atoms with E-state index in [4.69, 9.17) is 10.5 Å². The van der Waals surface area contributed by atoms with Crippen molar-refractivity contribution in [1.29, 1.82) is 0 Å². The third-order valence-corrected chi connectivity index (χ3v) is 4.01. The first-order valence-electron chi connectivity index (χ1n) is 6.48. The SMILES string of the molecule is COc1ccc(Br)c(CNc2ccc(C(N)=O)cc2C)c1. The van der Waals surface area contributed by atoms with Crippen LogP contribution in [-0.4, -0.2) is 13.0 Å². The third-order valence-electron chi connectivity index (χ3n) is 3.23. The molecule has 3 N–H and O–H groups in total. The number of aryl methyl sites for hydroxylation is 1. The maximum atomic E-state index is 11.1. The van der Waals surface area contributed by atoms with Crippen LogP contribution < -0.4 is 15.8 Å². The molecule has 0 bridgehead atoms. The Morgan fingerprint density at radius 2 is 2.05 bits per heavy atom. The summed E-state index contributed by atoms with van der Waals surface area (Å²) >= 11 is 3.53. The second-order valence-electron chi connectivity index (χ2n) is 4.70. The van der Waals surface area contributed by atoms with Gasteiger partial charge in [-0.1, -0.05) is 15.9 Å². The van der Waals surface area contributed by atoms with E-state index in [9.17, 15) is 4.79 Å². The van der Waals surface area contributed by atoms with Crippen molar-refractivity contribution >= 4 is 27.5 Å². The molecular weight excluding hydrogens is 332 g/mol. The van der Waals surface area contributed by atoms with E-state index in [1.807, 2.05) is 31.2 Å². The number of methoxy groups -OCH3 is 1. The first kappa shape index (κ1) is 15.4. The molecule has 2 rings (SSSR count). The molecule has 0 saturated carbocycles. The average molecular weight is 349 g/mol. The van der Waals surface area contributed by atoms with Crippen molar-refractivity contribution < 1.29 is 9.53 Å². The van der Waals surface area contributed by atoms with Crippen LogP contribution in [0.3, 0.4) is 0 Å². The minimum atomic E-state index is -0.416. The Kier molecular flexibility index (Phi) is 4.85. The van der Waals surface area contributed by atoms with Gasteiger partial charge in [-0.2, -0.15) is 0 Å². The van der Waals surface area contributed by atoms with Crippen LogP contribution in [0.15, 0.2) is 40.9 Å². The maximum absolute atomic E-state index is 11.1. The highest BCUT2D eigenvalue weighted by molar-refractivity contribution is 9.10. The highest BCUT2D eigenvalue weighted by atomic mass is 79.9. The van der Waals surface area contributed by atoms with E-state index in [0.717, 1.165) is 27.0 Å². The first-order chi connectivity index (χ1) is 10.0. The molecule has 0 aliphatic rings. The standard InChI is InChI=1S/C16H17BrN2O2/c1-10-7-11(16(18)20)3-6-15(10)19-9-12-8-13(21-2)4-5-14(12)17/h3-8,19H,9H2,1-2H3,(H2,18,20). The lowest BCUT2D eigenvalue weighted by Gasteiger charge is -2.12. The molecule has 0 heterocycles. The minimum Gasteiger partial charge on any atom is -0.497 e. The van der Waals surface area contributed by atoms with E-state index in [1.54, 1.807) is 19.2 Å². The van der Waals surface area contributed by atoms with Crippen LogP contribution in [0.2, 0.25) is 0 Å².